The van der Waals surface area contributed by atoms with Gasteiger partial charge in [-0.15, -0.1) is 0 Å². The maximum absolute atomic E-state index is 15.0. The van der Waals surface area contributed by atoms with Crippen LogP contribution in [0.25, 0.3) is 0 Å². The van der Waals surface area contributed by atoms with Gasteiger partial charge in [-0.05, 0) is 47.7 Å². The number of anilines is 1. The Bertz CT molecular complexity index is 1260. The van der Waals surface area contributed by atoms with Gasteiger partial charge in [0.15, 0.2) is 5.78 Å². The van der Waals surface area contributed by atoms with Crippen molar-refractivity contribution in [1.82, 2.24) is 0 Å². The van der Waals surface area contributed by atoms with Crippen molar-refractivity contribution in [3.8, 4) is 6.07 Å². The lowest BCUT2D eigenvalue weighted by atomic mass is 9.68. The Morgan fingerprint density at radius 1 is 1.22 bits per heavy atom. The van der Waals surface area contributed by atoms with Crippen molar-refractivity contribution in [3.63, 3.8) is 0 Å². The molecule has 0 fully saturated rings. The van der Waals surface area contributed by atoms with Crippen molar-refractivity contribution in [1.29, 1.82) is 5.26 Å². The monoisotopic (exact) mass is 533 g/mol. The number of nitrogens with two attached hydrogens (primary N) is 1. The van der Waals surface area contributed by atoms with E-state index in [1.165, 1.54) is 11.0 Å². The van der Waals surface area contributed by atoms with Crippen molar-refractivity contribution in [2.45, 2.75) is 32.6 Å². The van der Waals surface area contributed by atoms with Gasteiger partial charge in [0, 0.05) is 32.2 Å². The highest BCUT2D eigenvalue weighted by molar-refractivity contribution is 9.10. The molecule has 0 amide bonds. The highest BCUT2D eigenvalue weighted by Gasteiger charge is 2.45. The number of benzene rings is 2. The Morgan fingerprint density at radius 2 is 1.94 bits per heavy atom. The van der Waals surface area contributed by atoms with Crippen molar-refractivity contribution in [3.05, 3.63) is 85.0 Å². The molecule has 0 bridgehead atoms. The standard InChI is InChI=1S/C24H19BrCl2FN3O/c1-24(2)9-19-22(20(32)10-24)21(14-5-4-13(26)8-16(14)27)15(11-29)23(30)31(19)18-6-3-12(25)7-17(18)28/h3-8,21H,9-10,30H2,1-2H3. The highest BCUT2D eigenvalue weighted by Crippen LogP contribution is 2.51. The fourth-order valence-corrected chi connectivity index (χ4v) is 5.34. The second kappa shape index (κ2) is 8.22. The molecule has 4 nitrogen and oxygen atoms in total. The number of hydrogen-bond donors (Lipinski definition) is 1. The van der Waals surface area contributed by atoms with Gasteiger partial charge >= 0.3 is 0 Å². The summed E-state index contributed by atoms with van der Waals surface area (Å²) in [7, 11) is 0. The van der Waals surface area contributed by atoms with E-state index < -0.39 is 11.7 Å². The first-order valence-electron chi connectivity index (χ1n) is 9.90. The molecule has 1 aliphatic carbocycles. The minimum atomic E-state index is -0.752. The Morgan fingerprint density at radius 3 is 2.56 bits per heavy atom. The third kappa shape index (κ3) is 3.83. The summed E-state index contributed by atoms with van der Waals surface area (Å²) in [6, 6.07) is 11.7. The van der Waals surface area contributed by atoms with Crippen LogP contribution >= 0.6 is 39.1 Å². The second-order valence-corrected chi connectivity index (χ2v) is 10.5. The van der Waals surface area contributed by atoms with Gasteiger partial charge in [-0.3, -0.25) is 9.69 Å². The average molecular weight is 535 g/mol. The quantitative estimate of drug-likeness (QED) is 0.458. The van der Waals surface area contributed by atoms with E-state index in [-0.39, 0.29) is 28.3 Å². The lowest BCUT2D eigenvalue weighted by Crippen LogP contribution is -2.42. The number of rotatable bonds is 2. The predicted molar refractivity (Wildman–Crippen MR) is 128 cm³/mol. The molecule has 0 spiro atoms. The minimum absolute atomic E-state index is 0.0778. The summed E-state index contributed by atoms with van der Waals surface area (Å²) >= 11 is 15.8. The normalized spacial score (nSPS) is 20.3. The molecular weight excluding hydrogens is 516 g/mol. The van der Waals surface area contributed by atoms with Crippen LogP contribution in [0.15, 0.2) is 63.5 Å². The van der Waals surface area contributed by atoms with Crippen molar-refractivity contribution in [2.24, 2.45) is 11.1 Å². The van der Waals surface area contributed by atoms with Gasteiger partial charge in [-0.1, -0.05) is 59.0 Å². The van der Waals surface area contributed by atoms with Crippen LogP contribution in [-0.4, -0.2) is 5.78 Å². The minimum Gasteiger partial charge on any atom is -0.384 e. The zero-order chi connectivity index (χ0) is 23.4. The lowest BCUT2D eigenvalue weighted by molar-refractivity contribution is -0.118. The van der Waals surface area contributed by atoms with E-state index in [0.717, 1.165) is 0 Å². The highest BCUT2D eigenvalue weighted by atomic mass is 79.9. The summed E-state index contributed by atoms with van der Waals surface area (Å²) in [6.45, 7) is 3.96. The summed E-state index contributed by atoms with van der Waals surface area (Å²) in [4.78, 5) is 15.0. The number of carbonyl (C=O) groups excluding carboxylic acids is 1. The summed E-state index contributed by atoms with van der Waals surface area (Å²) in [5.41, 5.74) is 8.03. The van der Waals surface area contributed by atoms with Gasteiger partial charge in [0.05, 0.1) is 23.2 Å². The molecule has 164 valence electrons. The molecule has 2 N–H and O–H groups in total. The maximum Gasteiger partial charge on any atom is 0.162 e. The van der Waals surface area contributed by atoms with E-state index in [1.807, 2.05) is 13.8 Å². The second-order valence-electron chi connectivity index (χ2n) is 8.74. The molecule has 1 heterocycles. The summed E-state index contributed by atoms with van der Waals surface area (Å²) in [5, 5.41) is 10.8. The summed E-state index contributed by atoms with van der Waals surface area (Å²) < 4.78 is 15.6. The van der Waals surface area contributed by atoms with E-state index >= 15 is 4.39 Å². The Balaban J connectivity index is 2.04. The van der Waals surface area contributed by atoms with Crippen LogP contribution in [0.2, 0.25) is 10.0 Å². The molecule has 8 heteroatoms. The van der Waals surface area contributed by atoms with Crippen LogP contribution in [-0.2, 0) is 4.79 Å². The van der Waals surface area contributed by atoms with Crippen LogP contribution in [0.5, 0.6) is 0 Å². The van der Waals surface area contributed by atoms with Crippen LogP contribution in [0.3, 0.4) is 0 Å². The smallest absolute Gasteiger partial charge is 0.162 e. The summed E-state index contributed by atoms with van der Waals surface area (Å²) in [5.74, 6) is -1.31. The molecule has 2 aliphatic rings. The van der Waals surface area contributed by atoms with Crippen LogP contribution in [0.1, 0.15) is 38.2 Å². The van der Waals surface area contributed by atoms with Gasteiger partial charge in [0.2, 0.25) is 0 Å². The largest absolute Gasteiger partial charge is 0.384 e. The van der Waals surface area contributed by atoms with Crippen LogP contribution in [0.4, 0.5) is 10.1 Å². The third-order valence-electron chi connectivity index (χ3n) is 5.81. The Labute approximate surface area is 204 Å². The van der Waals surface area contributed by atoms with E-state index in [0.29, 0.717) is 44.2 Å². The SMILES string of the molecule is CC1(C)CC(=O)C2=C(C1)N(c1ccc(Br)cc1F)C(N)=C(C#N)C2c1ccc(Cl)cc1Cl. The van der Waals surface area contributed by atoms with Crippen molar-refractivity contribution in [2.75, 3.05) is 4.90 Å². The Kier molecular flexibility index (Phi) is 5.87. The zero-order valence-corrected chi connectivity index (χ0v) is 20.4. The van der Waals surface area contributed by atoms with E-state index in [2.05, 4.69) is 22.0 Å². The van der Waals surface area contributed by atoms with E-state index in [1.54, 1.807) is 30.3 Å². The van der Waals surface area contributed by atoms with Gasteiger partial charge in [0.25, 0.3) is 0 Å². The molecule has 0 saturated carbocycles. The van der Waals surface area contributed by atoms with Crippen LogP contribution < -0.4 is 10.6 Å². The van der Waals surface area contributed by atoms with E-state index in [4.69, 9.17) is 28.9 Å². The molecule has 0 saturated heterocycles. The number of halogens is 4. The van der Waals surface area contributed by atoms with Crippen LogP contribution in [0, 0.1) is 22.6 Å². The summed E-state index contributed by atoms with van der Waals surface area (Å²) in [6.07, 6.45) is 0.771. The molecule has 32 heavy (non-hydrogen) atoms. The molecular formula is C24H19BrCl2FN3O. The molecule has 1 unspecified atom stereocenters. The average Bonchev–Trinajstić information content (AvgIpc) is 2.68. The third-order valence-corrected chi connectivity index (χ3v) is 6.86. The zero-order valence-electron chi connectivity index (χ0n) is 17.3. The fourth-order valence-electron chi connectivity index (χ4n) is 4.49. The number of carbonyl (C=O) groups is 1. The number of Topliss-reactive ketones (excluding diaryl/α,β-unsaturated/α-hetero) is 1. The van der Waals surface area contributed by atoms with Gasteiger partial charge in [-0.2, -0.15) is 5.26 Å². The number of nitrogens with zero attached hydrogens (tertiary/aromatic N) is 2. The maximum atomic E-state index is 15.0. The van der Waals surface area contributed by atoms with Gasteiger partial charge in [-0.25, -0.2) is 4.39 Å². The number of ketones is 1. The molecule has 0 aromatic heterocycles. The van der Waals surface area contributed by atoms with Crippen molar-refractivity contribution >= 4 is 50.6 Å². The number of nitriles is 1. The molecule has 1 atom stereocenters. The van der Waals surface area contributed by atoms with Gasteiger partial charge in [0.1, 0.15) is 11.6 Å². The molecule has 4 rings (SSSR count). The lowest BCUT2D eigenvalue weighted by Gasteiger charge is -2.44. The molecule has 2 aromatic carbocycles. The number of allylic oxidation sites excluding steroid dienone is 3. The predicted octanol–water partition coefficient (Wildman–Crippen LogP) is 6.84. The number of hydrogen-bond acceptors (Lipinski definition) is 4. The molecule has 0 radical (unpaired) electrons. The first-order chi connectivity index (χ1) is 15.0. The molecule has 1 aliphatic heterocycles. The Hall–Kier alpha value is -2.33. The van der Waals surface area contributed by atoms with E-state index in [9.17, 15) is 10.1 Å². The van der Waals surface area contributed by atoms with Gasteiger partial charge < -0.3 is 5.73 Å². The molecule has 2 aromatic rings. The van der Waals surface area contributed by atoms with Crippen molar-refractivity contribution < 1.29 is 9.18 Å². The fraction of sp³-hybridized carbons (Fsp3) is 0.250. The topological polar surface area (TPSA) is 70.1 Å². The first-order valence-corrected chi connectivity index (χ1v) is 11.4. The first kappa shape index (κ1) is 22.8.